The lowest BCUT2D eigenvalue weighted by Crippen LogP contribution is -2.49. The first-order valence-electron chi connectivity index (χ1n) is 8.18. The zero-order chi connectivity index (χ0) is 17.9. The smallest absolute Gasteiger partial charge is 0.258 e. The number of aryl methyl sites for hydroxylation is 1. The minimum atomic E-state index is -0.603. The Kier molecular flexibility index (Phi) is 5.49. The maximum Gasteiger partial charge on any atom is 0.258 e. The van der Waals surface area contributed by atoms with Gasteiger partial charge < -0.3 is 14.6 Å². The van der Waals surface area contributed by atoms with Gasteiger partial charge in [0.15, 0.2) is 12.4 Å². The number of halogens is 2. The van der Waals surface area contributed by atoms with Crippen LogP contribution in [0.1, 0.15) is 43.8 Å². The maximum atomic E-state index is 12.5. The molecule has 1 amide bonds. The number of aromatic nitrogens is 2. The highest BCUT2D eigenvalue weighted by Crippen LogP contribution is 2.35. The molecule has 0 saturated heterocycles. The minimum Gasteiger partial charge on any atom is -0.482 e. The van der Waals surface area contributed by atoms with Gasteiger partial charge in [0.1, 0.15) is 11.3 Å². The van der Waals surface area contributed by atoms with Gasteiger partial charge in [-0.2, -0.15) is 4.98 Å². The number of amides is 1. The average molecular weight is 384 g/mol. The number of rotatable bonds is 5. The SMILES string of the molecule is Cc1nc(C2(NC(=O)COc3cc(Cl)ccc3Cl)CCCCC2)no1. The van der Waals surface area contributed by atoms with Gasteiger partial charge in [-0.1, -0.05) is 47.6 Å². The van der Waals surface area contributed by atoms with Crippen LogP contribution >= 0.6 is 23.2 Å². The summed E-state index contributed by atoms with van der Waals surface area (Å²) in [6.45, 7) is 1.57. The Hall–Kier alpha value is -1.79. The molecule has 1 saturated carbocycles. The molecule has 134 valence electrons. The standard InChI is InChI=1S/C17H19Cl2N3O3/c1-11-20-16(22-25-11)17(7-3-2-4-8-17)21-15(23)10-24-14-9-12(18)5-6-13(14)19/h5-6,9H,2-4,7-8,10H2,1H3,(H,21,23). The van der Waals surface area contributed by atoms with Crippen LogP contribution in [-0.4, -0.2) is 22.7 Å². The van der Waals surface area contributed by atoms with Crippen LogP contribution in [0.3, 0.4) is 0 Å². The predicted octanol–water partition coefficient (Wildman–Crippen LogP) is 4.04. The number of carbonyl (C=O) groups excluding carboxylic acids is 1. The van der Waals surface area contributed by atoms with E-state index >= 15 is 0 Å². The van der Waals surface area contributed by atoms with Crippen LogP contribution in [0.5, 0.6) is 5.75 Å². The summed E-state index contributed by atoms with van der Waals surface area (Å²) in [4.78, 5) is 16.8. The van der Waals surface area contributed by atoms with Gasteiger partial charge >= 0.3 is 0 Å². The minimum absolute atomic E-state index is 0.168. The zero-order valence-electron chi connectivity index (χ0n) is 13.8. The van der Waals surface area contributed by atoms with E-state index in [1.54, 1.807) is 25.1 Å². The van der Waals surface area contributed by atoms with Gasteiger partial charge in [-0.15, -0.1) is 0 Å². The van der Waals surface area contributed by atoms with Crippen molar-refractivity contribution in [2.45, 2.75) is 44.6 Å². The molecular formula is C17H19Cl2N3O3. The van der Waals surface area contributed by atoms with Crippen molar-refractivity contribution in [3.63, 3.8) is 0 Å². The van der Waals surface area contributed by atoms with Crippen LogP contribution in [0.15, 0.2) is 22.7 Å². The Morgan fingerprint density at radius 3 is 2.76 bits per heavy atom. The van der Waals surface area contributed by atoms with Crippen LogP contribution in [-0.2, 0) is 10.3 Å². The second-order valence-corrected chi connectivity index (χ2v) is 7.04. The molecule has 0 radical (unpaired) electrons. The molecule has 1 fully saturated rings. The molecule has 0 aliphatic heterocycles. The number of ether oxygens (including phenoxy) is 1. The third-order valence-corrected chi connectivity index (χ3v) is 4.84. The molecular weight excluding hydrogens is 365 g/mol. The van der Waals surface area contributed by atoms with Crippen molar-refractivity contribution >= 4 is 29.1 Å². The molecule has 0 unspecified atom stereocenters. The summed E-state index contributed by atoms with van der Waals surface area (Å²) >= 11 is 12.0. The average Bonchev–Trinajstić information content (AvgIpc) is 3.04. The number of nitrogens with one attached hydrogen (secondary N) is 1. The summed E-state index contributed by atoms with van der Waals surface area (Å²) in [6, 6.07) is 4.87. The van der Waals surface area contributed by atoms with Crippen molar-refractivity contribution < 1.29 is 14.1 Å². The fourth-order valence-electron chi connectivity index (χ4n) is 3.09. The number of nitrogens with zero attached hydrogens (tertiary/aromatic N) is 2. The number of carbonyl (C=O) groups is 1. The third kappa shape index (κ3) is 4.25. The highest BCUT2D eigenvalue weighted by molar-refractivity contribution is 6.34. The van der Waals surface area contributed by atoms with E-state index in [0.29, 0.717) is 27.5 Å². The van der Waals surface area contributed by atoms with Crippen LogP contribution in [0.25, 0.3) is 0 Å². The zero-order valence-corrected chi connectivity index (χ0v) is 15.4. The van der Waals surface area contributed by atoms with E-state index in [4.69, 9.17) is 32.5 Å². The van der Waals surface area contributed by atoms with Crippen LogP contribution in [0.4, 0.5) is 0 Å². The monoisotopic (exact) mass is 383 g/mol. The van der Waals surface area contributed by atoms with Crippen molar-refractivity contribution in [2.24, 2.45) is 0 Å². The summed E-state index contributed by atoms with van der Waals surface area (Å²) in [5.41, 5.74) is -0.603. The molecule has 3 rings (SSSR count). The van der Waals surface area contributed by atoms with Gasteiger partial charge in [-0.3, -0.25) is 4.79 Å². The number of benzene rings is 1. The van der Waals surface area contributed by atoms with E-state index in [1.165, 1.54) is 0 Å². The van der Waals surface area contributed by atoms with Crippen molar-refractivity contribution in [1.82, 2.24) is 15.5 Å². The summed E-state index contributed by atoms with van der Waals surface area (Å²) in [7, 11) is 0. The maximum absolute atomic E-state index is 12.5. The largest absolute Gasteiger partial charge is 0.482 e. The van der Waals surface area contributed by atoms with Crippen LogP contribution < -0.4 is 10.1 Å². The fourth-order valence-corrected chi connectivity index (χ4v) is 3.42. The first-order chi connectivity index (χ1) is 12.0. The first-order valence-corrected chi connectivity index (χ1v) is 8.94. The van der Waals surface area contributed by atoms with Gasteiger partial charge in [0.2, 0.25) is 5.89 Å². The molecule has 0 atom stereocenters. The topological polar surface area (TPSA) is 77.2 Å². The first kappa shape index (κ1) is 18.0. The Balaban J connectivity index is 1.69. The van der Waals surface area contributed by atoms with E-state index in [9.17, 15) is 4.79 Å². The molecule has 1 heterocycles. The summed E-state index contributed by atoms with van der Waals surface area (Å²) in [6.07, 6.45) is 4.66. The summed E-state index contributed by atoms with van der Waals surface area (Å²) in [5.74, 6) is 1.12. The lowest BCUT2D eigenvalue weighted by atomic mass is 9.81. The summed E-state index contributed by atoms with van der Waals surface area (Å²) in [5, 5.41) is 7.96. The van der Waals surface area contributed by atoms with E-state index in [2.05, 4.69) is 15.5 Å². The van der Waals surface area contributed by atoms with E-state index in [0.717, 1.165) is 32.1 Å². The van der Waals surface area contributed by atoms with E-state index < -0.39 is 5.54 Å². The van der Waals surface area contributed by atoms with Crippen molar-refractivity contribution in [3.8, 4) is 5.75 Å². The highest BCUT2D eigenvalue weighted by Gasteiger charge is 2.39. The number of hydrogen-bond donors (Lipinski definition) is 1. The Labute approximate surface area is 155 Å². The lowest BCUT2D eigenvalue weighted by Gasteiger charge is -2.35. The van der Waals surface area contributed by atoms with Gasteiger partial charge in [-0.05, 0) is 25.0 Å². The molecule has 1 aromatic heterocycles. The van der Waals surface area contributed by atoms with Gasteiger partial charge in [-0.25, -0.2) is 0 Å². The molecule has 25 heavy (non-hydrogen) atoms. The van der Waals surface area contributed by atoms with E-state index in [-0.39, 0.29) is 12.5 Å². The molecule has 8 heteroatoms. The van der Waals surface area contributed by atoms with E-state index in [1.807, 2.05) is 0 Å². The fraction of sp³-hybridized carbons (Fsp3) is 0.471. The molecule has 0 spiro atoms. The Morgan fingerprint density at radius 1 is 1.32 bits per heavy atom. The Bertz CT molecular complexity index is 757. The molecule has 6 nitrogen and oxygen atoms in total. The van der Waals surface area contributed by atoms with Gasteiger partial charge in [0.05, 0.1) is 5.02 Å². The molecule has 1 aliphatic rings. The van der Waals surface area contributed by atoms with Crippen LogP contribution in [0.2, 0.25) is 10.0 Å². The molecule has 1 N–H and O–H groups in total. The van der Waals surface area contributed by atoms with Crippen molar-refractivity contribution in [2.75, 3.05) is 6.61 Å². The second kappa shape index (κ2) is 7.62. The highest BCUT2D eigenvalue weighted by atomic mass is 35.5. The van der Waals surface area contributed by atoms with Crippen LogP contribution in [0, 0.1) is 6.92 Å². The lowest BCUT2D eigenvalue weighted by molar-refractivity contribution is -0.125. The Morgan fingerprint density at radius 2 is 2.08 bits per heavy atom. The molecule has 1 aliphatic carbocycles. The molecule has 1 aromatic carbocycles. The summed E-state index contributed by atoms with van der Waals surface area (Å²) < 4.78 is 10.6. The van der Waals surface area contributed by atoms with Gasteiger partial charge in [0, 0.05) is 18.0 Å². The quantitative estimate of drug-likeness (QED) is 0.842. The molecule has 0 bridgehead atoms. The van der Waals surface area contributed by atoms with Gasteiger partial charge in [0.25, 0.3) is 5.91 Å². The number of hydrogen-bond acceptors (Lipinski definition) is 5. The molecule has 2 aromatic rings. The third-order valence-electron chi connectivity index (χ3n) is 4.29. The van der Waals surface area contributed by atoms with Crippen molar-refractivity contribution in [3.05, 3.63) is 40.0 Å². The van der Waals surface area contributed by atoms with Crippen molar-refractivity contribution in [1.29, 1.82) is 0 Å². The normalized spacial score (nSPS) is 16.4. The predicted molar refractivity (Wildman–Crippen MR) is 93.9 cm³/mol. The second-order valence-electron chi connectivity index (χ2n) is 6.19.